The average molecular weight is 643 g/mol. The maximum Gasteiger partial charge on any atom is 0.387 e. The van der Waals surface area contributed by atoms with E-state index < -0.39 is 12.7 Å². The van der Waals surface area contributed by atoms with E-state index in [2.05, 4.69) is 31.0 Å². The summed E-state index contributed by atoms with van der Waals surface area (Å²) in [4.78, 5) is 26.1. The van der Waals surface area contributed by atoms with E-state index in [1.54, 1.807) is 6.07 Å². The van der Waals surface area contributed by atoms with Gasteiger partial charge in [0.25, 0.3) is 0 Å². The molecule has 2 aliphatic rings. The van der Waals surface area contributed by atoms with Gasteiger partial charge in [-0.25, -0.2) is 9.97 Å². The minimum absolute atomic E-state index is 0.0107. The number of fused-ring (bicyclic) bond motifs is 2. The Labute approximate surface area is 271 Å². The molecule has 7 rings (SSSR count). The van der Waals surface area contributed by atoms with Crippen LogP contribution in [0.2, 0.25) is 0 Å². The predicted octanol–water partition coefficient (Wildman–Crippen LogP) is 7.16. The molecule has 0 saturated carbocycles. The van der Waals surface area contributed by atoms with Gasteiger partial charge in [0.1, 0.15) is 23.1 Å². The number of likely N-dealkylation sites (N-methyl/N-ethyl adjacent to an activating group) is 1. The van der Waals surface area contributed by atoms with Gasteiger partial charge in [-0.3, -0.25) is 14.6 Å². The minimum atomic E-state index is -3.02. The highest BCUT2D eigenvalue weighted by atomic mass is 19.3. The van der Waals surface area contributed by atoms with Crippen LogP contribution < -0.4 is 4.74 Å². The fraction of sp³-hybridized carbons (Fsp3) is 0.361. The number of halogens is 2. The van der Waals surface area contributed by atoms with E-state index in [0.717, 1.165) is 70.8 Å². The molecule has 4 heterocycles. The molecule has 0 N–H and O–H groups in total. The van der Waals surface area contributed by atoms with E-state index >= 15 is 0 Å². The Balaban J connectivity index is 1.24. The first-order valence-corrected chi connectivity index (χ1v) is 15.8. The molecule has 0 aliphatic carbocycles. The lowest BCUT2D eigenvalue weighted by Crippen LogP contribution is -2.36. The van der Waals surface area contributed by atoms with E-state index in [0.29, 0.717) is 41.4 Å². The highest BCUT2D eigenvalue weighted by Gasteiger charge is 2.32. The number of likely N-dealkylation sites (tertiary alicyclic amines) is 1. The molecule has 0 amide bonds. The molecule has 0 spiro atoms. The molecule has 0 bridgehead atoms. The molecule has 0 radical (unpaired) electrons. The van der Waals surface area contributed by atoms with Crippen LogP contribution in [0.15, 0.2) is 57.4 Å². The zero-order chi connectivity index (χ0) is 32.8. The smallest absolute Gasteiger partial charge is 0.387 e. The first-order valence-electron chi connectivity index (χ1n) is 15.8. The monoisotopic (exact) mass is 642 g/mol. The highest BCUT2D eigenvalue weighted by molar-refractivity contribution is 5.84. The summed E-state index contributed by atoms with van der Waals surface area (Å²) in [5, 5.41) is 0. The number of oxazole rings is 2. The number of methoxy groups -OCH3 is 1. The molecule has 2 aliphatic heterocycles. The number of esters is 1. The quantitative estimate of drug-likeness (QED) is 0.164. The maximum absolute atomic E-state index is 13.5. The van der Waals surface area contributed by atoms with Crippen LogP contribution in [0, 0.1) is 13.8 Å². The van der Waals surface area contributed by atoms with Crippen LogP contribution in [-0.2, 0) is 29.0 Å². The van der Waals surface area contributed by atoms with Crippen molar-refractivity contribution in [1.29, 1.82) is 0 Å². The summed E-state index contributed by atoms with van der Waals surface area (Å²) in [5.41, 5.74) is 8.07. The van der Waals surface area contributed by atoms with Crippen molar-refractivity contribution in [2.45, 2.75) is 58.9 Å². The summed E-state index contributed by atoms with van der Waals surface area (Å²) in [6, 6.07) is 14.8. The van der Waals surface area contributed by atoms with Gasteiger partial charge >= 0.3 is 12.6 Å². The lowest BCUT2D eigenvalue weighted by atomic mass is 9.91. The highest BCUT2D eigenvalue weighted by Crippen LogP contribution is 2.39. The zero-order valence-corrected chi connectivity index (χ0v) is 26.8. The molecule has 1 atom stereocenters. The molecule has 11 heteroatoms. The normalized spacial score (nSPS) is 17.0. The van der Waals surface area contributed by atoms with Gasteiger partial charge in [0.2, 0.25) is 11.8 Å². The van der Waals surface area contributed by atoms with Crippen molar-refractivity contribution in [1.82, 2.24) is 19.8 Å². The van der Waals surface area contributed by atoms with Gasteiger partial charge in [0.15, 0.2) is 5.58 Å². The van der Waals surface area contributed by atoms with E-state index in [1.165, 1.54) is 13.2 Å². The van der Waals surface area contributed by atoms with Crippen molar-refractivity contribution < 1.29 is 31.9 Å². The number of carbonyl (C=O) groups is 1. The molecule has 3 aromatic carbocycles. The average Bonchev–Trinajstić information content (AvgIpc) is 3.79. The van der Waals surface area contributed by atoms with Crippen LogP contribution in [0.25, 0.3) is 45.1 Å². The van der Waals surface area contributed by atoms with E-state index in [-0.39, 0.29) is 18.3 Å². The number of hydrogen-bond donors (Lipinski definition) is 0. The van der Waals surface area contributed by atoms with Gasteiger partial charge in [-0.05, 0) is 80.7 Å². The molecular weight excluding hydrogens is 606 g/mol. The Morgan fingerprint density at radius 2 is 1.66 bits per heavy atom. The third kappa shape index (κ3) is 5.89. The summed E-state index contributed by atoms with van der Waals surface area (Å²) < 4.78 is 49.2. The number of benzene rings is 3. The third-order valence-electron chi connectivity index (χ3n) is 9.33. The first kappa shape index (κ1) is 31.0. The molecule has 5 aromatic rings. The van der Waals surface area contributed by atoms with Gasteiger partial charge in [-0.2, -0.15) is 8.78 Å². The van der Waals surface area contributed by atoms with Crippen LogP contribution in [0.5, 0.6) is 5.75 Å². The van der Waals surface area contributed by atoms with Crippen LogP contribution in [0.4, 0.5) is 8.78 Å². The van der Waals surface area contributed by atoms with Gasteiger partial charge in [0, 0.05) is 48.8 Å². The second kappa shape index (κ2) is 12.5. The number of alkyl halides is 2. The molecule has 2 aromatic heterocycles. The van der Waals surface area contributed by atoms with E-state index in [4.69, 9.17) is 28.3 Å². The van der Waals surface area contributed by atoms with Crippen molar-refractivity contribution in [3.63, 3.8) is 0 Å². The maximum atomic E-state index is 13.5. The number of ether oxygens (including phenoxy) is 2. The van der Waals surface area contributed by atoms with Crippen LogP contribution in [-0.4, -0.2) is 65.6 Å². The molecule has 9 nitrogen and oxygen atoms in total. The second-order valence-electron chi connectivity index (χ2n) is 12.3. The van der Waals surface area contributed by atoms with Crippen LogP contribution in [0.3, 0.4) is 0 Å². The van der Waals surface area contributed by atoms with Gasteiger partial charge in [-0.15, -0.1) is 0 Å². The van der Waals surface area contributed by atoms with Crippen LogP contribution in [0.1, 0.15) is 41.0 Å². The fourth-order valence-corrected chi connectivity index (χ4v) is 6.84. The molecule has 0 unspecified atom stereocenters. The Hall–Kier alpha value is -4.61. The third-order valence-corrected chi connectivity index (χ3v) is 9.33. The lowest BCUT2D eigenvalue weighted by molar-refractivity contribution is -0.146. The fourth-order valence-electron chi connectivity index (χ4n) is 6.84. The second-order valence-corrected chi connectivity index (χ2v) is 12.3. The summed E-state index contributed by atoms with van der Waals surface area (Å²) >= 11 is 0. The number of carbonyl (C=O) groups excluding carboxylic acids is 1. The topological polar surface area (TPSA) is 94.1 Å². The lowest BCUT2D eigenvalue weighted by Gasteiger charge is -2.23. The summed E-state index contributed by atoms with van der Waals surface area (Å²) in [6.07, 6.45) is 2.29. The molecule has 1 saturated heterocycles. The summed E-state index contributed by atoms with van der Waals surface area (Å²) in [7, 11) is 3.44. The largest absolute Gasteiger partial charge is 0.468 e. The number of hydrogen-bond acceptors (Lipinski definition) is 9. The molecule has 1 fully saturated rings. The minimum Gasteiger partial charge on any atom is -0.468 e. The van der Waals surface area contributed by atoms with Crippen molar-refractivity contribution >= 4 is 17.1 Å². The van der Waals surface area contributed by atoms with Gasteiger partial charge in [-0.1, -0.05) is 24.3 Å². The van der Waals surface area contributed by atoms with Crippen molar-refractivity contribution in [3.05, 3.63) is 76.7 Å². The summed E-state index contributed by atoms with van der Waals surface area (Å²) in [6.45, 7) is 3.65. The van der Waals surface area contributed by atoms with Gasteiger partial charge in [0.05, 0.1) is 12.8 Å². The Morgan fingerprint density at radius 1 is 0.979 bits per heavy atom. The Morgan fingerprint density at radius 3 is 2.34 bits per heavy atom. The first-order chi connectivity index (χ1) is 22.7. The van der Waals surface area contributed by atoms with Crippen LogP contribution >= 0.6 is 0 Å². The van der Waals surface area contributed by atoms with E-state index in [9.17, 15) is 13.6 Å². The van der Waals surface area contributed by atoms with E-state index in [1.807, 2.05) is 36.1 Å². The van der Waals surface area contributed by atoms with Crippen molar-refractivity contribution in [2.75, 3.05) is 27.2 Å². The predicted molar refractivity (Wildman–Crippen MR) is 172 cm³/mol. The zero-order valence-electron chi connectivity index (χ0n) is 26.8. The molecule has 47 heavy (non-hydrogen) atoms. The van der Waals surface area contributed by atoms with Crippen molar-refractivity contribution in [3.8, 4) is 39.8 Å². The summed E-state index contributed by atoms with van der Waals surface area (Å²) in [5.74, 6) is 1.59. The van der Waals surface area contributed by atoms with Gasteiger partial charge < -0.3 is 18.3 Å². The number of rotatable bonds is 8. The molecule has 244 valence electrons. The standard InChI is InChI=1S/C36H36F2N4O5/c1-20-23(24-9-6-11-26(21(24)2)34-40-28-19-41(3)15-13-30(28)45-34)8-5-10-25(20)33-39-27-16-22(31(47-36(37)38)17-32(27)46-33)18-42-14-7-12-29(42)35(43)44-4/h5-6,8-11,16-17,29,36H,7,12-15,18-19H2,1-4H3/t29-/m0/s1. The number of aromatic nitrogens is 2. The number of nitrogens with zero attached hydrogens (tertiary/aromatic N) is 4. The Bertz CT molecular complexity index is 1970. The SMILES string of the molecule is COC(=O)[C@@H]1CCCN1Cc1cc2nc(-c3cccc(-c4cccc(-c5nc6c(o5)CCN(C)C6)c4C)c3C)oc2cc1OC(F)F. The van der Waals surface area contributed by atoms with Crippen molar-refractivity contribution in [2.24, 2.45) is 0 Å². The Kier molecular flexibility index (Phi) is 8.27. The molecular formula is C36H36F2N4O5.